The average molecular weight is 518 g/mol. The second-order valence-electron chi connectivity index (χ2n) is 6.68. The third kappa shape index (κ3) is 8.44. The molecule has 0 saturated heterocycles. The lowest BCUT2D eigenvalue weighted by atomic mass is 10.0. The molecule has 2 aromatic carbocycles. The zero-order valence-corrected chi connectivity index (χ0v) is 19.0. The van der Waals surface area contributed by atoms with Crippen molar-refractivity contribution in [3.05, 3.63) is 82.3 Å². The standard InChI is InChI=1S/C12H10N2O3S.C10H8F6N/c1-18-12-13-7-9(11(15)16)10(14-12)17-8-5-3-2-4-6-8;1-17-5-6-2-7(9(11,12)13)4-8(3-6)10(14,15)16/h2-7H,1H3,(H,15,16);2-4H,5H2,1H3/q;-1. The van der Waals surface area contributed by atoms with Gasteiger partial charge < -0.3 is 15.2 Å². The Balaban J connectivity index is 0.000000247. The highest BCUT2D eigenvalue weighted by molar-refractivity contribution is 7.98. The van der Waals surface area contributed by atoms with Crippen molar-refractivity contribution >= 4 is 17.7 Å². The maximum Gasteiger partial charge on any atom is 0.416 e. The van der Waals surface area contributed by atoms with Crippen molar-refractivity contribution in [2.45, 2.75) is 24.1 Å². The van der Waals surface area contributed by atoms with Crippen molar-refractivity contribution in [1.29, 1.82) is 0 Å². The van der Waals surface area contributed by atoms with Gasteiger partial charge in [0.25, 0.3) is 0 Å². The zero-order chi connectivity index (χ0) is 26.2. The van der Waals surface area contributed by atoms with E-state index in [1.165, 1.54) is 25.0 Å². The van der Waals surface area contributed by atoms with Crippen LogP contribution in [0, 0.1) is 0 Å². The van der Waals surface area contributed by atoms with E-state index >= 15 is 0 Å². The fourth-order valence-electron chi connectivity index (χ4n) is 2.57. The van der Waals surface area contributed by atoms with Gasteiger partial charge in [-0.15, -0.1) is 6.54 Å². The smallest absolute Gasteiger partial charge is 0.416 e. The largest absolute Gasteiger partial charge is 0.661 e. The van der Waals surface area contributed by atoms with Crippen LogP contribution in [0.15, 0.2) is 59.9 Å². The first-order chi connectivity index (χ1) is 16.3. The predicted molar refractivity (Wildman–Crippen MR) is 117 cm³/mol. The molecule has 1 aromatic heterocycles. The summed E-state index contributed by atoms with van der Waals surface area (Å²) in [6.45, 7) is -0.188. The molecule has 35 heavy (non-hydrogen) atoms. The number of benzene rings is 2. The molecule has 3 aromatic rings. The van der Waals surface area contributed by atoms with Gasteiger partial charge in [0.1, 0.15) is 11.3 Å². The number of carboxylic acid groups (broad SMARTS) is 1. The van der Waals surface area contributed by atoms with E-state index in [9.17, 15) is 31.1 Å². The molecule has 0 fully saturated rings. The molecule has 0 atom stereocenters. The van der Waals surface area contributed by atoms with Crippen molar-refractivity contribution in [1.82, 2.24) is 9.97 Å². The Bertz CT molecular complexity index is 1110. The number of carbonyl (C=O) groups is 1. The number of hydrogen-bond acceptors (Lipinski definition) is 5. The number of aromatic carboxylic acids is 1. The third-order valence-corrected chi connectivity index (χ3v) is 4.65. The Labute approximate surface area is 200 Å². The van der Waals surface area contributed by atoms with Crippen LogP contribution in [0.5, 0.6) is 11.6 Å². The van der Waals surface area contributed by atoms with Crippen LogP contribution in [0.25, 0.3) is 5.32 Å². The zero-order valence-electron chi connectivity index (χ0n) is 18.2. The third-order valence-electron chi connectivity index (χ3n) is 4.09. The maximum absolute atomic E-state index is 12.4. The number of ether oxygens (including phenoxy) is 1. The molecule has 6 nitrogen and oxygen atoms in total. The van der Waals surface area contributed by atoms with Gasteiger partial charge in [-0.2, -0.15) is 38.4 Å². The first-order valence-corrected chi connectivity index (χ1v) is 10.8. The molecule has 0 aliphatic heterocycles. The van der Waals surface area contributed by atoms with Crippen molar-refractivity contribution in [2.24, 2.45) is 0 Å². The van der Waals surface area contributed by atoms with E-state index in [0.717, 1.165) is 0 Å². The summed E-state index contributed by atoms with van der Waals surface area (Å²) in [6.07, 6.45) is -6.55. The number of hydrogen-bond donors (Lipinski definition) is 1. The summed E-state index contributed by atoms with van der Waals surface area (Å²) in [5, 5.41) is 13.0. The van der Waals surface area contributed by atoms with E-state index < -0.39 is 29.4 Å². The molecule has 0 spiro atoms. The minimum absolute atomic E-state index is 0.0491. The van der Waals surface area contributed by atoms with Gasteiger partial charge in [0, 0.05) is 6.20 Å². The predicted octanol–water partition coefficient (Wildman–Crippen LogP) is 6.92. The summed E-state index contributed by atoms with van der Waals surface area (Å²) in [5.41, 5.74) is -2.80. The maximum atomic E-state index is 12.4. The number of nitrogens with zero attached hydrogens (tertiary/aromatic N) is 3. The molecule has 1 N–H and O–H groups in total. The van der Waals surface area contributed by atoms with Gasteiger partial charge in [0.05, 0.1) is 11.1 Å². The van der Waals surface area contributed by atoms with Crippen LogP contribution >= 0.6 is 11.8 Å². The van der Waals surface area contributed by atoms with E-state index in [0.29, 0.717) is 23.0 Å². The number of aromatic nitrogens is 2. The van der Waals surface area contributed by atoms with Gasteiger partial charge >= 0.3 is 18.3 Å². The minimum atomic E-state index is -4.80. The van der Waals surface area contributed by atoms with Gasteiger partial charge in [0.2, 0.25) is 5.88 Å². The quantitative estimate of drug-likeness (QED) is 0.217. The molecule has 1 heterocycles. The molecule has 0 aliphatic carbocycles. The molecule has 188 valence electrons. The van der Waals surface area contributed by atoms with E-state index in [-0.39, 0.29) is 29.6 Å². The molecular weight excluding hydrogens is 500 g/mol. The molecule has 0 radical (unpaired) electrons. The highest BCUT2D eigenvalue weighted by Gasteiger charge is 2.36. The number of para-hydroxylation sites is 1. The van der Waals surface area contributed by atoms with Crippen LogP contribution in [-0.4, -0.2) is 34.3 Å². The molecule has 0 unspecified atom stereocenters. The van der Waals surface area contributed by atoms with Gasteiger partial charge in [-0.25, -0.2) is 9.78 Å². The number of halogens is 6. The summed E-state index contributed by atoms with van der Waals surface area (Å²) in [7, 11) is 1.31. The van der Waals surface area contributed by atoms with E-state index in [1.54, 1.807) is 24.3 Å². The first kappa shape index (κ1) is 27.9. The molecule has 0 aliphatic rings. The number of carboxylic acids is 1. The Kier molecular flexibility index (Phi) is 9.48. The first-order valence-electron chi connectivity index (χ1n) is 9.56. The van der Waals surface area contributed by atoms with Crippen LogP contribution in [-0.2, 0) is 18.9 Å². The van der Waals surface area contributed by atoms with Crippen LogP contribution in [0.1, 0.15) is 27.0 Å². The lowest BCUT2D eigenvalue weighted by Gasteiger charge is -2.17. The Morgan fingerprint density at radius 3 is 2.06 bits per heavy atom. The number of thioether (sulfide) groups is 1. The lowest BCUT2D eigenvalue weighted by Crippen LogP contribution is -2.11. The Morgan fingerprint density at radius 2 is 1.60 bits per heavy atom. The lowest BCUT2D eigenvalue weighted by molar-refractivity contribution is -0.143. The van der Waals surface area contributed by atoms with Crippen molar-refractivity contribution in [3.8, 4) is 11.6 Å². The molecule has 0 amide bonds. The summed E-state index contributed by atoms with van der Waals surface area (Å²) >= 11 is 1.32. The second-order valence-corrected chi connectivity index (χ2v) is 7.46. The molecular formula is C22H18F6N3O3S-. The van der Waals surface area contributed by atoms with E-state index in [2.05, 4.69) is 15.3 Å². The minimum Gasteiger partial charge on any atom is -0.661 e. The van der Waals surface area contributed by atoms with E-state index in [4.69, 9.17) is 9.84 Å². The Hall–Kier alpha value is -3.32. The molecule has 0 bridgehead atoms. The van der Waals surface area contributed by atoms with Gasteiger partial charge in [-0.05, 0) is 36.6 Å². The summed E-state index contributed by atoms with van der Waals surface area (Å²) < 4.78 is 79.7. The summed E-state index contributed by atoms with van der Waals surface area (Å²) in [4.78, 5) is 19.0. The average Bonchev–Trinajstić information content (AvgIpc) is 2.79. The fourth-order valence-corrected chi connectivity index (χ4v) is 2.90. The van der Waals surface area contributed by atoms with Crippen LogP contribution in [0.2, 0.25) is 0 Å². The van der Waals surface area contributed by atoms with Crippen LogP contribution in [0.3, 0.4) is 0 Å². The number of alkyl halides is 6. The number of rotatable bonds is 6. The summed E-state index contributed by atoms with van der Waals surface area (Å²) in [5.74, 6) is -0.535. The molecule has 13 heteroatoms. The van der Waals surface area contributed by atoms with E-state index in [1.807, 2.05) is 12.3 Å². The van der Waals surface area contributed by atoms with Crippen LogP contribution < -0.4 is 4.74 Å². The summed E-state index contributed by atoms with van der Waals surface area (Å²) in [6, 6.07) is 10.3. The SMILES string of the molecule is CSc1ncc(C(=O)O)c(Oc2ccccc2)n1.C[N-]Cc1cc(C(F)(F)F)cc(C(F)(F)F)c1. The normalized spacial score (nSPS) is 11.4. The van der Waals surface area contributed by atoms with Gasteiger partial charge in [-0.1, -0.05) is 35.5 Å². The highest BCUT2D eigenvalue weighted by Crippen LogP contribution is 2.36. The monoisotopic (exact) mass is 518 g/mol. The van der Waals surface area contributed by atoms with Crippen molar-refractivity contribution < 1.29 is 41.0 Å². The fraction of sp³-hybridized carbons (Fsp3) is 0.227. The Morgan fingerprint density at radius 1 is 1.03 bits per heavy atom. The molecule has 3 rings (SSSR count). The van der Waals surface area contributed by atoms with Crippen molar-refractivity contribution in [3.63, 3.8) is 0 Å². The van der Waals surface area contributed by atoms with Gasteiger partial charge in [-0.3, -0.25) is 0 Å². The topological polar surface area (TPSA) is 86.4 Å². The van der Waals surface area contributed by atoms with Crippen molar-refractivity contribution in [2.75, 3.05) is 13.3 Å². The highest BCUT2D eigenvalue weighted by atomic mass is 32.2. The van der Waals surface area contributed by atoms with Crippen LogP contribution in [0.4, 0.5) is 26.3 Å². The molecule has 0 saturated carbocycles. The van der Waals surface area contributed by atoms with Gasteiger partial charge in [0.15, 0.2) is 5.16 Å². The second kappa shape index (κ2) is 11.9.